The van der Waals surface area contributed by atoms with Gasteiger partial charge in [0.15, 0.2) is 0 Å². The first-order valence-corrected chi connectivity index (χ1v) is 9.32. The van der Waals surface area contributed by atoms with Gasteiger partial charge in [0.25, 0.3) is 0 Å². The van der Waals surface area contributed by atoms with Gasteiger partial charge in [0.05, 0.1) is 5.60 Å². The van der Waals surface area contributed by atoms with E-state index in [0.717, 1.165) is 50.7 Å². The van der Waals surface area contributed by atoms with E-state index >= 15 is 0 Å². The summed E-state index contributed by atoms with van der Waals surface area (Å²) in [6.45, 7) is 0.590. The van der Waals surface area contributed by atoms with E-state index in [1.165, 1.54) is 11.1 Å². The minimum atomic E-state index is -0.638. The summed E-state index contributed by atoms with van der Waals surface area (Å²) >= 11 is 0. The molecule has 0 spiro atoms. The van der Waals surface area contributed by atoms with Crippen molar-refractivity contribution in [3.05, 3.63) is 53.7 Å². The first kappa shape index (κ1) is 16.6. The van der Waals surface area contributed by atoms with Crippen LogP contribution in [-0.4, -0.2) is 22.2 Å². The average Bonchev–Trinajstić information content (AvgIpc) is 2.63. The first-order valence-electron chi connectivity index (χ1n) is 9.32. The Morgan fingerprint density at radius 1 is 1.12 bits per heavy atom. The first-order chi connectivity index (χ1) is 12.2. The van der Waals surface area contributed by atoms with Crippen molar-refractivity contribution in [1.29, 1.82) is 0 Å². The third-order valence-corrected chi connectivity index (χ3v) is 6.17. The van der Waals surface area contributed by atoms with E-state index in [-0.39, 0.29) is 5.41 Å². The van der Waals surface area contributed by atoms with Crippen molar-refractivity contribution in [2.24, 2.45) is 5.73 Å². The van der Waals surface area contributed by atoms with Crippen molar-refractivity contribution >= 4 is 0 Å². The normalized spacial score (nSPS) is 28.1. The number of aryl methyl sites for hydroxylation is 1. The van der Waals surface area contributed by atoms with E-state index in [2.05, 4.69) is 17.1 Å². The number of pyridine rings is 1. The summed E-state index contributed by atoms with van der Waals surface area (Å²) in [5.74, 6) is 1.37. The third-order valence-electron chi connectivity index (χ3n) is 6.17. The molecule has 25 heavy (non-hydrogen) atoms. The summed E-state index contributed by atoms with van der Waals surface area (Å²) in [6.07, 6.45) is 8.42. The molecule has 0 saturated heterocycles. The van der Waals surface area contributed by atoms with Gasteiger partial charge in [-0.15, -0.1) is 0 Å². The number of ether oxygens (including phenoxy) is 1. The number of hydrogen-bond donors (Lipinski definition) is 2. The fourth-order valence-electron chi connectivity index (χ4n) is 4.96. The van der Waals surface area contributed by atoms with Gasteiger partial charge in [0.1, 0.15) is 5.75 Å². The number of hydrogen-bond acceptors (Lipinski definition) is 4. The number of nitrogens with zero attached hydrogens (tertiary/aromatic N) is 1. The summed E-state index contributed by atoms with van der Waals surface area (Å²) in [7, 11) is 0. The maximum atomic E-state index is 11.5. The number of rotatable bonds is 4. The van der Waals surface area contributed by atoms with Gasteiger partial charge in [0, 0.05) is 17.7 Å². The topological polar surface area (TPSA) is 68.4 Å². The average molecular weight is 338 g/mol. The Morgan fingerprint density at radius 2 is 2.00 bits per heavy atom. The van der Waals surface area contributed by atoms with Crippen molar-refractivity contribution in [3.8, 4) is 11.6 Å². The second-order valence-corrected chi connectivity index (χ2v) is 7.45. The molecule has 4 rings (SSSR count). The molecular weight excluding hydrogens is 312 g/mol. The van der Waals surface area contributed by atoms with E-state index in [1.54, 1.807) is 6.20 Å². The minimum absolute atomic E-state index is 0.239. The van der Waals surface area contributed by atoms with Gasteiger partial charge in [0.2, 0.25) is 5.88 Å². The van der Waals surface area contributed by atoms with Gasteiger partial charge >= 0.3 is 0 Å². The van der Waals surface area contributed by atoms with Crippen LogP contribution < -0.4 is 10.5 Å². The van der Waals surface area contributed by atoms with Crippen LogP contribution in [0.1, 0.15) is 49.7 Å². The van der Waals surface area contributed by atoms with Crippen LogP contribution in [0.4, 0.5) is 0 Å². The van der Waals surface area contributed by atoms with Crippen LogP contribution in [0.3, 0.4) is 0 Å². The quantitative estimate of drug-likeness (QED) is 0.892. The Bertz CT molecular complexity index is 745. The van der Waals surface area contributed by atoms with Gasteiger partial charge in [-0.2, -0.15) is 0 Å². The van der Waals surface area contributed by atoms with Crippen molar-refractivity contribution in [3.63, 3.8) is 0 Å². The maximum Gasteiger partial charge on any atom is 0.219 e. The van der Waals surface area contributed by atoms with Crippen molar-refractivity contribution in [1.82, 2.24) is 4.98 Å². The molecular formula is C21H26N2O2. The molecule has 0 aliphatic heterocycles. The highest BCUT2D eigenvalue weighted by Gasteiger charge is 2.54. The van der Waals surface area contributed by atoms with Crippen LogP contribution >= 0.6 is 0 Å². The number of aliphatic hydroxyl groups is 1. The Labute approximate surface area is 149 Å². The molecule has 0 bridgehead atoms. The fourth-order valence-corrected chi connectivity index (χ4v) is 4.96. The van der Waals surface area contributed by atoms with Crippen LogP contribution in [-0.2, 0) is 11.8 Å². The molecule has 4 heteroatoms. The molecule has 2 aliphatic carbocycles. The Hall–Kier alpha value is -1.91. The lowest BCUT2D eigenvalue weighted by Crippen LogP contribution is -2.57. The zero-order valence-electron chi connectivity index (χ0n) is 14.6. The molecule has 0 radical (unpaired) electrons. The smallest absolute Gasteiger partial charge is 0.219 e. The molecule has 4 nitrogen and oxygen atoms in total. The third kappa shape index (κ3) is 2.74. The SMILES string of the molecule is NCC[C@]12CCCC[C@@]1(O)CCc1ccc(Oc3ccccn3)cc12. The molecule has 2 aliphatic rings. The molecule has 1 aromatic carbocycles. The summed E-state index contributed by atoms with van der Waals surface area (Å²) < 4.78 is 5.96. The van der Waals surface area contributed by atoms with Crippen LogP contribution in [0.5, 0.6) is 11.6 Å². The lowest BCUT2D eigenvalue weighted by atomic mass is 9.53. The Balaban J connectivity index is 1.76. The van der Waals surface area contributed by atoms with E-state index < -0.39 is 5.60 Å². The van der Waals surface area contributed by atoms with Crippen molar-refractivity contribution in [2.75, 3.05) is 6.54 Å². The molecule has 0 unspecified atom stereocenters. The second kappa shape index (κ2) is 6.43. The number of benzene rings is 1. The zero-order valence-corrected chi connectivity index (χ0v) is 14.6. The van der Waals surface area contributed by atoms with Crippen LogP contribution in [0.15, 0.2) is 42.6 Å². The lowest BCUT2D eigenvalue weighted by Gasteiger charge is -2.54. The molecule has 3 N–H and O–H groups in total. The summed E-state index contributed by atoms with van der Waals surface area (Å²) in [5.41, 5.74) is 7.67. The standard InChI is InChI=1S/C21H26N2O2/c22-13-12-20-9-2-3-10-21(20,24)11-8-16-6-7-17(15-18(16)20)25-19-5-1-4-14-23-19/h1,4-7,14-15,24H,2-3,8-13,22H2/t20-,21+/m0/s1. The summed E-state index contributed by atoms with van der Waals surface area (Å²) in [4.78, 5) is 4.24. The molecule has 1 heterocycles. The van der Waals surface area contributed by atoms with Gasteiger partial charge in [-0.25, -0.2) is 4.98 Å². The molecule has 2 aromatic rings. The highest BCUT2D eigenvalue weighted by atomic mass is 16.5. The predicted octanol–water partition coefficient (Wildman–Crippen LogP) is 3.71. The van der Waals surface area contributed by atoms with Crippen molar-refractivity contribution in [2.45, 2.75) is 56.0 Å². The van der Waals surface area contributed by atoms with Gasteiger partial charge < -0.3 is 15.6 Å². The molecule has 0 amide bonds. The van der Waals surface area contributed by atoms with E-state index in [0.29, 0.717) is 12.4 Å². The highest BCUT2D eigenvalue weighted by molar-refractivity contribution is 5.46. The lowest BCUT2D eigenvalue weighted by molar-refractivity contribution is -0.0862. The second-order valence-electron chi connectivity index (χ2n) is 7.45. The Morgan fingerprint density at radius 3 is 2.80 bits per heavy atom. The highest BCUT2D eigenvalue weighted by Crippen LogP contribution is 2.55. The fraction of sp³-hybridized carbons (Fsp3) is 0.476. The number of fused-ring (bicyclic) bond motifs is 3. The Kier molecular flexibility index (Phi) is 4.26. The van der Waals surface area contributed by atoms with Gasteiger partial charge in [-0.3, -0.25) is 0 Å². The minimum Gasteiger partial charge on any atom is -0.439 e. The van der Waals surface area contributed by atoms with Gasteiger partial charge in [-0.1, -0.05) is 25.0 Å². The van der Waals surface area contributed by atoms with E-state index in [9.17, 15) is 5.11 Å². The van der Waals surface area contributed by atoms with Crippen LogP contribution in [0.25, 0.3) is 0 Å². The molecule has 2 atom stereocenters. The maximum absolute atomic E-state index is 11.5. The monoisotopic (exact) mass is 338 g/mol. The molecule has 1 saturated carbocycles. The largest absolute Gasteiger partial charge is 0.439 e. The summed E-state index contributed by atoms with van der Waals surface area (Å²) in [5, 5.41) is 11.5. The van der Waals surface area contributed by atoms with Gasteiger partial charge in [-0.05, 0) is 68.0 Å². The molecule has 1 fully saturated rings. The number of aromatic nitrogens is 1. The van der Waals surface area contributed by atoms with E-state index in [1.807, 2.05) is 24.3 Å². The zero-order chi connectivity index (χ0) is 17.3. The molecule has 1 aromatic heterocycles. The van der Waals surface area contributed by atoms with Crippen LogP contribution in [0.2, 0.25) is 0 Å². The molecule has 132 valence electrons. The van der Waals surface area contributed by atoms with E-state index in [4.69, 9.17) is 10.5 Å². The van der Waals surface area contributed by atoms with Crippen molar-refractivity contribution < 1.29 is 9.84 Å². The van der Waals surface area contributed by atoms with Crippen LogP contribution in [0, 0.1) is 0 Å². The predicted molar refractivity (Wildman–Crippen MR) is 97.8 cm³/mol. The number of nitrogens with two attached hydrogens (primary N) is 1. The summed E-state index contributed by atoms with van der Waals surface area (Å²) in [6, 6.07) is 11.9.